The van der Waals surface area contributed by atoms with Crippen molar-refractivity contribution >= 4 is 5.97 Å². The molecule has 88 valence electrons. The van der Waals surface area contributed by atoms with Gasteiger partial charge in [0.05, 0.1) is 12.7 Å². The van der Waals surface area contributed by atoms with Crippen molar-refractivity contribution in [3.05, 3.63) is 23.5 Å². The molecule has 0 heterocycles. The van der Waals surface area contributed by atoms with Gasteiger partial charge in [-0.1, -0.05) is 0 Å². The maximum Gasteiger partial charge on any atom is 0.387 e. The van der Waals surface area contributed by atoms with Crippen molar-refractivity contribution in [1.82, 2.24) is 0 Å². The summed E-state index contributed by atoms with van der Waals surface area (Å²) in [5.74, 6) is -3.85. The van der Waals surface area contributed by atoms with Crippen molar-refractivity contribution in [3.63, 3.8) is 0 Å². The molecule has 0 aliphatic rings. The maximum atomic E-state index is 13.2. The fraction of sp³-hybridized carbons (Fsp3) is 0.222. The lowest BCUT2D eigenvalue weighted by atomic mass is 10.2. The van der Waals surface area contributed by atoms with Gasteiger partial charge in [0.25, 0.3) is 0 Å². The molecule has 1 rings (SSSR count). The van der Waals surface area contributed by atoms with Crippen LogP contribution in [0.3, 0.4) is 0 Å². The van der Waals surface area contributed by atoms with Crippen LogP contribution >= 0.6 is 0 Å². The minimum absolute atomic E-state index is 0.405. The van der Waals surface area contributed by atoms with Crippen molar-refractivity contribution in [2.75, 3.05) is 7.11 Å². The molecule has 0 radical (unpaired) electrons. The van der Waals surface area contributed by atoms with E-state index in [1.54, 1.807) is 0 Å². The number of carboxylic acid groups (broad SMARTS) is 1. The maximum absolute atomic E-state index is 13.2. The molecule has 0 aliphatic heterocycles. The summed E-state index contributed by atoms with van der Waals surface area (Å²) in [5, 5.41) is 8.59. The monoisotopic (exact) mass is 236 g/mol. The van der Waals surface area contributed by atoms with Gasteiger partial charge in [0.2, 0.25) is 5.75 Å². The molecule has 0 atom stereocenters. The first-order valence-electron chi connectivity index (χ1n) is 4.01. The summed E-state index contributed by atoms with van der Waals surface area (Å²) in [6.45, 7) is -3.22. The second-order valence-corrected chi connectivity index (χ2v) is 2.67. The highest BCUT2D eigenvalue weighted by Crippen LogP contribution is 2.32. The molecule has 0 amide bonds. The number of aromatic carboxylic acids is 1. The Morgan fingerprint density at radius 1 is 1.44 bits per heavy atom. The molecule has 1 aromatic rings. The Bertz CT molecular complexity index is 406. The van der Waals surface area contributed by atoms with Crippen molar-refractivity contribution in [2.24, 2.45) is 0 Å². The van der Waals surface area contributed by atoms with Crippen LogP contribution in [0.5, 0.6) is 11.5 Å². The fourth-order valence-electron chi connectivity index (χ4n) is 1.05. The van der Waals surface area contributed by atoms with Crippen LogP contribution in [0.1, 0.15) is 10.4 Å². The Balaban J connectivity index is 3.23. The smallest absolute Gasteiger partial charge is 0.387 e. The predicted molar refractivity (Wildman–Crippen MR) is 46.5 cm³/mol. The number of hydrogen-bond acceptors (Lipinski definition) is 3. The van der Waals surface area contributed by atoms with Crippen molar-refractivity contribution < 1.29 is 32.5 Å². The number of carbonyl (C=O) groups is 1. The Morgan fingerprint density at radius 2 is 2.06 bits per heavy atom. The van der Waals surface area contributed by atoms with Gasteiger partial charge in [-0.15, -0.1) is 0 Å². The molecule has 0 aliphatic carbocycles. The lowest BCUT2D eigenvalue weighted by molar-refractivity contribution is -0.0536. The lowest BCUT2D eigenvalue weighted by Gasteiger charge is -2.11. The van der Waals surface area contributed by atoms with E-state index in [1.165, 1.54) is 0 Å². The summed E-state index contributed by atoms with van der Waals surface area (Å²) < 4.78 is 45.5. The van der Waals surface area contributed by atoms with Gasteiger partial charge in [-0.05, 0) is 12.1 Å². The van der Waals surface area contributed by atoms with Crippen molar-refractivity contribution in [1.29, 1.82) is 0 Å². The topological polar surface area (TPSA) is 55.8 Å². The van der Waals surface area contributed by atoms with E-state index in [1.807, 2.05) is 0 Å². The highest BCUT2D eigenvalue weighted by Gasteiger charge is 2.19. The van der Waals surface area contributed by atoms with Crippen molar-refractivity contribution in [2.45, 2.75) is 6.61 Å². The average Bonchev–Trinajstić information content (AvgIpc) is 2.19. The quantitative estimate of drug-likeness (QED) is 0.870. The van der Waals surface area contributed by atoms with Gasteiger partial charge in [0.15, 0.2) is 11.6 Å². The summed E-state index contributed by atoms with van der Waals surface area (Å²) in [4.78, 5) is 10.5. The number of carboxylic acids is 1. The van der Waals surface area contributed by atoms with E-state index in [0.717, 1.165) is 13.2 Å². The third-order valence-electron chi connectivity index (χ3n) is 1.68. The molecule has 0 fully saturated rings. The molecule has 1 N–H and O–H groups in total. The number of benzene rings is 1. The summed E-state index contributed by atoms with van der Waals surface area (Å²) in [6.07, 6.45) is 0. The van der Waals surface area contributed by atoms with Gasteiger partial charge in [0, 0.05) is 0 Å². The van der Waals surface area contributed by atoms with E-state index in [4.69, 9.17) is 5.11 Å². The van der Waals surface area contributed by atoms with E-state index < -0.39 is 35.5 Å². The molecule has 0 saturated carbocycles. The van der Waals surface area contributed by atoms with Gasteiger partial charge >= 0.3 is 12.6 Å². The average molecular weight is 236 g/mol. The number of alkyl halides is 2. The van der Waals surface area contributed by atoms with Gasteiger partial charge in [-0.3, -0.25) is 0 Å². The van der Waals surface area contributed by atoms with Gasteiger partial charge in [-0.2, -0.15) is 8.78 Å². The minimum Gasteiger partial charge on any atom is -0.493 e. The first-order valence-corrected chi connectivity index (χ1v) is 4.01. The third kappa shape index (κ3) is 2.56. The van der Waals surface area contributed by atoms with E-state index >= 15 is 0 Å². The van der Waals surface area contributed by atoms with Crippen LogP contribution in [0.25, 0.3) is 0 Å². The van der Waals surface area contributed by atoms with Crippen LogP contribution < -0.4 is 9.47 Å². The minimum atomic E-state index is -3.22. The standard InChI is InChI=1S/C9H7F3O4/c1-15-6-3-4(8(13)14)2-5(10)7(6)16-9(11)12/h2-3,9H,1H3,(H,13,14). The largest absolute Gasteiger partial charge is 0.493 e. The highest BCUT2D eigenvalue weighted by molar-refractivity contribution is 5.88. The third-order valence-corrected chi connectivity index (χ3v) is 1.68. The Kier molecular flexibility index (Phi) is 3.60. The summed E-state index contributed by atoms with van der Waals surface area (Å²) in [7, 11) is 1.08. The van der Waals surface area contributed by atoms with Crippen LogP contribution in [-0.4, -0.2) is 24.8 Å². The number of halogens is 3. The van der Waals surface area contributed by atoms with Crippen LogP contribution in [0.15, 0.2) is 12.1 Å². The summed E-state index contributed by atoms with van der Waals surface area (Å²) in [6, 6.07) is 1.46. The van der Waals surface area contributed by atoms with Crippen LogP contribution in [0.4, 0.5) is 13.2 Å². The molecule has 0 aromatic heterocycles. The first-order chi connectivity index (χ1) is 7.45. The number of hydrogen-bond donors (Lipinski definition) is 1. The molecular formula is C9H7F3O4. The summed E-state index contributed by atoms with van der Waals surface area (Å²) in [5.41, 5.74) is -0.420. The Morgan fingerprint density at radius 3 is 2.50 bits per heavy atom. The normalized spacial score (nSPS) is 10.3. The van der Waals surface area contributed by atoms with Gasteiger partial charge < -0.3 is 14.6 Å². The van der Waals surface area contributed by atoms with Crippen LogP contribution in [-0.2, 0) is 0 Å². The number of methoxy groups -OCH3 is 1. The molecule has 7 heteroatoms. The lowest BCUT2D eigenvalue weighted by Crippen LogP contribution is -2.07. The predicted octanol–water partition coefficient (Wildman–Crippen LogP) is 2.13. The molecule has 0 bridgehead atoms. The fourth-order valence-corrected chi connectivity index (χ4v) is 1.05. The molecule has 16 heavy (non-hydrogen) atoms. The zero-order valence-electron chi connectivity index (χ0n) is 8.04. The number of rotatable bonds is 4. The van der Waals surface area contributed by atoms with E-state index in [-0.39, 0.29) is 0 Å². The highest BCUT2D eigenvalue weighted by atomic mass is 19.3. The van der Waals surface area contributed by atoms with E-state index in [9.17, 15) is 18.0 Å². The van der Waals surface area contributed by atoms with E-state index in [0.29, 0.717) is 6.07 Å². The Labute approximate surface area is 88.2 Å². The zero-order valence-corrected chi connectivity index (χ0v) is 8.04. The molecule has 0 saturated heterocycles. The second-order valence-electron chi connectivity index (χ2n) is 2.67. The molecule has 1 aromatic carbocycles. The first kappa shape index (κ1) is 12.2. The van der Waals surface area contributed by atoms with Crippen LogP contribution in [0, 0.1) is 5.82 Å². The zero-order chi connectivity index (χ0) is 12.3. The molecule has 0 spiro atoms. The van der Waals surface area contributed by atoms with Gasteiger partial charge in [0.1, 0.15) is 0 Å². The SMILES string of the molecule is COc1cc(C(=O)O)cc(F)c1OC(F)F. The molecule has 0 unspecified atom stereocenters. The molecular weight excluding hydrogens is 229 g/mol. The van der Waals surface area contributed by atoms with Crippen LogP contribution in [0.2, 0.25) is 0 Å². The van der Waals surface area contributed by atoms with Crippen molar-refractivity contribution in [3.8, 4) is 11.5 Å². The Hall–Kier alpha value is -1.92. The summed E-state index contributed by atoms with van der Waals surface area (Å²) >= 11 is 0. The molecule has 4 nitrogen and oxygen atoms in total. The second kappa shape index (κ2) is 4.73. The number of ether oxygens (including phenoxy) is 2. The van der Waals surface area contributed by atoms with E-state index in [2.05, 4.69) is 9.47 Å². The van der Waals surface area contributed by atoms with Gasteiger partial charge in [-0.25, -0.2) is 9.18 Å².